The van der Waals surface area contributed by atoms with Crippen molar-refractivity contribution in [2.75, 3.05) is 12.3 Å². The Labute approximate surface area is 102 Å². The average Bonchev–Trinajstić information content (AvgIpc) is 2.25. The van der Waals surface area contributed by atoms with E-state index in [1.165, 1.54) is 19.3 Å². The molecule has 0 heterocycles. The quantitative estimate of drug-likeness (QED) is 0.642. The predicted octanol–water partition coefficient (Wildman–Crippen LogP) is 2.92. The molecule has 1 aliphatic rings. The van der Waals surface area contributed by atoms with E-state index >= 15 is 0 Å². The van der Waals surface area contributed by atoms with Crippen LogP contribution in [0.25, 0.3) is 0 Å². The summed E-state index contributed by atoms with van der Waals surface area (Å²) in [6.07, 6.45) is 4.89. The number of ether oxygens (including phenoxy) is 1. The molecule has 3 nitrogen and oxygen atoms in total. The molecule has 1 aromatic rings. The fourth-order valence-electron chi connectivity index (χ4n) is 2.04. The van der Waals surface area contributed by atoms with Crippen LogP contribution in [0.4, 0.5) is 5.69 Å². The summed E-state index contributed by atoms with van der Waals surface area (Å²) in [5, 5.41) is 0. The van der Waals surface area contributed by atoms with Crippen LogP contribution in [-0.2, 0) is 4.74 Å². The molecule has 92 valence electrons. The highest BCUT2D eigenvalue weighted by Gasteiger charge is 2.18. The molecule has 0 bridgehead atoms. The SMILES string of the molecule is Cc1ccc(N)cc1C(=O)OCCC1CCC1. The Kier molecular flexibility index (Phi) is 3.67. The van der Waals surface area contributed by atoms with Gasteiger partial charge < -0.3 is 10.5 Å². The maximum Gasteiger partial charge on any atom is 0.338 e. The summed E-state index contributed by atoms with van der Waals surface area (Å²) in [5.74, 6) is 0.513. The molecule has 2 N–H and O–H groups in total. The first-order valence-electron chi connectivity index (χ1n) is 6.20. The third kappa shape index (κ3) is 2.99. The second kappa shape index (κ2) is 5.21. The monoisotopic (exact) mass is 233 g/mol. The van der Waals surface area contributed by atoms with Crippen LogP contribution in [0.2, 0.25) is 0 Å². The fourth-order valence-corrected chi connectivity index (χ4v) is 2.04. The van der Waals surface area contributed by atoms with Crippen LogP contribution in [0.15, 0.2) is 18.2 Å². The maximum atomic E-state index is 11.8. The first kappa shape index (κ1) is 12.0. The summed E-state index contributed by atoms with van der Waals surface area (Å²) < 4.78 is 5.28. The van der Waals surface area contributed by atoms with Crippen LogP contribution in [-0.4, -0.2) is 12.6 Å². The molecule has 1 saturated carbocycles. The van der Waals surface area contributed by atoms with E-state index in [9.17, 15) is 4.79 Å². The Morgan fingerprint density at radius 3 is 2.88 bits per heavy atom. The standard InChI is InChI=1S/C14H19NO2/c1-10-5-6-12(15)9-13(10)14(16)17-8-7-11-3-2-4-11/h5-6,9,11H,2-4,7-8,15H2,1H3. The van der Waals surface area contributed by atoms with E-state index in [1.54, 1.807) is 12.1 Å². The summed E-state index contributed by atoms with van der Waals surface area (Å²) in [4.78, 5) is 11.8. The van der Waals surface area contributed by atoms with Gasteiger partial charge in [-0.3, -0.25) is 0 Å². The Balaban J connectivity index is 1.87. The molecule has 1 fully saturated rings. The van der Waals surface area contributed by atoms with Crippen LogP contribution < -0.4 is 5.73 Å². The number of anilines is 1. The zero-order valence-electron chi connectivity index (χ0n) is 10.2. The highest BCUT2D eigenvalue weighted by molar-refractivity contribution is 5.92. The minimum atomic E-state index is -0.255. The molecule has 0 spiro atoms. The van der Waals surface area contributed by atoms with E-state index in [0.29, 0.717) is 17.9 Å². The molecule has 0 aromatic heterocycles. The molecule has 0 atom stereocenters. The van der Waals surface area contributed by atoms with Gasteiger partial charge in [0.1, 0.15) is 0 Å². The number of hydrogen-bond acceptors (Lipinski definition) is 3. The lowest BCUT2D eigenvalue weighted by molar-refractivity contribution is 0.0463. The van der Waals surface area contributed by atoms with Gasteiger partial charge in [-0.1, -0.05) is 25.3 Å². The van der Waals surface area contributed by atoms with Gasteiger partial charge in [0.25, 0.3) is 0 Å². The predicted molar refractivity (Wildman–Crippen MR) is 67.8 cm³/mol. The lowest BCUT2D eigenvalue weighted by atomic mass is 9.83. The van der Waals surface area contributed by atoms with Crippen LogP contribution in [0.3, 0.4) is 0 Å². The minimum absolute atomic E-state index is 0.255. The lowest BCUT2D eigenvalue weighted by Crippen LogP contribution is -2.16. The Morgan fingerprint density at radius 1 is 1.47 bits per heavy atom. The normalized spacial score (nSPS) is 15.4. The summed E-state index contributed by atoms with van der Waals surface area (Å²) in [6.45, 7) is 2.42. The highest BCUT2D eigenvalue weighted by atomic mass is 16.5. The number of rotatable bonds is 4. The minimum Gasteiger partial charge on any atom is -0.462 e. The molecule has 1 aliphatic carbocycles. The molecule has 17 heavy (non-hydrogen) atoms. The van der Waals surface area contributed by atoms with Crippen LogP contribution in [0, 0.1) is 12.8 Å². The Bertz CT molecular complexity index is 411. The van der Waals surface area contributed by atoms with Crippen LogP contribution >= 0.6 is 0 Å². The molecular weight excluding hydrogens is 214 g/mol. The first-order chi connectivity index (χ1) is 8.16. The number of benzene rings is 1. The molecule has 0 amide bonds. The maximum absolute atomic E-state index is 11.8. The summed E-state index contributed by atoms with van der Waals surface area (Å²) in [5.41, 5.74) is 7.76. The second-order valence-corrected chi connectivity index (χ2v) is 4.80. The third-order valence-corrected chi connectivity index (χ3v) is 3.47. The van der Waals surface area contributed by atoms with Gasteiger partial charge in [0, 0.05) is 5.69 Å². The van der Waals surface area contributed by atoms with Crippen molar-refractivity contribution in [1.82, 2.24) is 0 Å². The molecule has 0 aliphatic heterocycles. The zero-order valence-corrected chi connectivity index (χ0v) is 10.2. The number of aryl methyl sites for hydroxylation is 1. The first-order valence-corrected chi connectivity index (χ1v) is 6.20. The summed E-state index contributed by atoms with van der Waals surface area (Å²) >= 11 is 0. The molecule has 1 aromatic carbocycles. The zero-order chi connectivity index (χ0) is 12.3. The number of esters is 1. The van der Waals surface area contributed by atoms with Gasteiger partial charge in [-0.25, -0.2) is 4.79 Å². The second-order valence-electron chi connectivity index (χ2n) is 4.80. The van der Waals surface area contributed by atoms with Gasteiger partial charge in [0.15, 0.2) is 0 Å². The van der Waals surface area contributed by atoms with E-state index in [-0.39, 0.29) is 5.97 Å². The van der Waals surface area contributed by atoms with E-state index < -0.39 is 0 Å². The molecule has 2 rings (SSSR count). The Morgan fingerprint density at radius 2 is 2.24 bits per heavy atom. The van der Waals surface area contributed by atoms with E-state index in [0.717, 1.165) is 17.9 Å². The number of hydrogen-bond donors (Lipinski definition) is 1. The molecular formula is C14H19NO2. The van der Waals surface area contributed by atoms with Gasteiger partial charge in [0.05, 0.1) is 12.2 Å². The van der Waals surface area contributed by atoms with Crippen molar-refractivity contribution < 1.29 is 9.53 Å². The van der Waals surface area contributed by atoms with Gasteiger partial charge in [0.2, 0.25) is 0 Å². The molecule has 0 unspecified atom stereocenters. The third-order valence-electron chi connectivity index (χ3n) is 3.47. The highest BCUT2D eigenvalue weighted by Crippen LogP contribution is 2.29. The van der Waals surface area contributed by atoms with Crippen molar-refractivity contribution in [3.8, 4) is 0 Å². The topological polar surface area (TPSA) is 52.3 Å². The number of carbonyl (C=O) groups is 1. The van der Waals surface area contributed by atoms with Crippen molar-refractivity contribution >= 4 is 11.7 Å². The average molecular weight is 233 g/mol. The molecule has 0 radical (unpaired) electrons. The van der Waals surface area contributed by atoms with Crippen LogP contribution in [0.1, 0.15) is 41.6 Å². The van der Waals surface area contributed by atoms with Gasteiger partial charge in [-0.15, -0.1) is 0 Å². The van der Waals surface area contributed by atoms with Crippen molar-refractivity contribution in [1.29, 1.82) is 0 Å². The van der Waals surface area contributed by atoms with E-state index in [4.69, 9.17) is 10.5 Å². The van der Waals surface area contributed by atoms with Crippen LogP contribution in [0.5, 0.6) is 0 Å². The molecule has 3 heteroatoms. The number of nitrogen functional groups attached to an aromatic ring is 1. The van der Waals surface area contributed by atoms with Gasteiger partial charge in [-0.05, 0) is 37.0 Å². The Hall–Kier alpha value is -1.51. The number of nitrogens with two attached hydrogens (primary N) is 1. The van der Waals surface area contributed by atoms with Crippen molar-refractivity contribution in [2.24, 2.45) is 5.92 Å². The fraction of sp³-hybridized carbons (Fsp3) is 0.500. The van der Waals surface area contributed by atoms with Gasteiger partial charge >= 0.3 is 5.97 Å². The number of carbonyl (C=O) groups excluding carboxylic acids is 1. The van der Waals surface area contributed by atoms with E-state index in [2.05, 4.69) is 0 Å². The lowest BCUT2D eigenvalue weighted by Gasteiger charge is -2.24. The van der Waals surface area contributed by atoms with E-state index in [1.807, 2.05) is 13.0 Å². The van der Waals surface area contributed by atoms with Crippen molar-refractivity contribution in [3.63, 3.8) is 0 Å². The summed E-state index contributed by atoms with van der Waals surface area (Å²) in [6, 6.07) is 5.32. The van der Waals surface area contributed by atoms with Crippen molar-refractivity contribution in [3.05, 3.63) is 29.3 Å². The van der Waals surface area contributed by atoms with Gasteiger partial charge in [-0.2, -0.15) is 0 Å². The largest absolute Gasteiger partial charge is 0.462 e. The summed E-state index contributed by atoms with van der Waals surface area (Å²) in [7, 11) is 0. The molecule has 0 saturated heterocycles. The van der Waals surface area contributed by atoms with Crippen molar-refractivity contribution in [2.45, 2.75) is 32.6 Å². The smallest absolute Gasteiger partial charge is 0.338 e.